The molecule has 6 aromatic carbocycles. The summed E-state index contributed by atoms with van der Waals surface area (Å²) in [7, 11) is 0. The summed E-state index contributed by atoms with van der Waals surface area (Å²) in [4.78, 5) is 16.9. The average Bonchev–Trinajstić information content (AvgIpc) is 3.10. The summed E-state index contributed by atoms with van der Waals surface area (Å²) in [6.07, 6.45) is 0. The molecule has 2 aliphatic rings. The van der Waals surface area contributed by atoms with Gasteiger partial charge in [-0.05, 0) is 34.4 Å². The van der Waals surface area contributed by atoms with Gasteiger partial charge in [0.25, 0.3) is 0 Å². The summed E-state index contributed by atoms with van der Waals surface area (Å²) < 4.78 is 0. The lowest BCUT2D eigenvalue weighted by atomic mass is 9.56. The first-order chi connectivity index (χ1) is 21.8. The van der Waals surface area contributed by atoms with Gasteiger partial charge in [-0.3, -0.25) is 5.26 Å². The molecule has 0 bridgehead atoms. The van der Waals surface area contributed by atoms with Gasteiger partial charge in [0.15, 0.2) is 5.60 Å². The van der Waals surface area contributed by atoms with E-state index in [9.17, 15) is 5.26 Å². The van der Waals surface area contributed by atoms with Crippen molar-refractivity contribution in [1.29, 1.82) is 0 Å². The third-order valence-corrected chi connectivity index (χ3v) is 8.92. The second-order valence-corrected chi connectivity index (χ2v) is 11.1. The van der Waals surface area contributed by atoms with Crippen LogP contribution < -0.4 is 0 Å². The van der Waals surface area contributed by atoms with Gasteiger partial charge in [-0.2, -0.15) is 0 Å². The normalized spacial score (nSPS) is 17.8. The molecule has 44 heavy (non-hydrogen) atoms. The lowest BCUT2D eigenvalue weighted by Crippen LogP contribution is -2.57. The Balaban J connectivity index is 1.65. The fourth-order valence-corrected chi connectivity index (χ4v) is 7.06. The van der Waals surface area contributed by atoms with Crippen molar-refractivity contribution in [2.24, 2.45) is 9.98 Å². The molecule has 0 amide bonds. The molecule has 1 aliphatic heterocycles. The molecule has 1 N–H and O–H groups in total. The first kappa shape index (κ1) is 26.2. The van der Waals surface area contributed by atoms with E-state index in [-0.39, 0.29) is 0 Å². The first-order valence-corrected chi connectivity index (χ1v) is 14.7. The standard InChI is InChI=1S/C40H28N2O2/c43-44-40(30-20-8-3-9-21-30)34-25-13-12-24-33(34)39(28-16-4-1-5-17-28,29-18-6-2-7-19-29)37-38(40)42-36-27-15-11-23-32(36)31-22-10-14-26-35(31)41-37/h1-27,43H. The van der Waals surface area contributed by atoms with Crippen LogP contribution in [0.3, 0.4) is 0 Å². The molecule has 1 aliphatic carbocycles. The van der Waals surface area contributed by atoms with Crippen LogP contribution in [-0.4, -0.2) is 16.7 Å². The first-order valence-electron chi connectivity index (χ1n) is 14.7. The number of hydrogen-bond acceptors (Lipinski definition) is 4. The van der Waals surface area contributed by atoms with Crippen LogP contribution in [0.1, 0.15) is 27.8 Å². The maximum atomic E-state index is 11.3. The third kappa shape index (κ3) is 3.65. The van der Waals surface area contributed by atoms with Gasteiger partial charge in [-0.15, -0.1) is 0 Å². The van der Waals surface area contributed by atoms with Gasteiger partial charge in [-0.25, -0.2) is 14.9 Å². The van der Waals surface area contributed by atoms with Gasteiger partial charge < -0.3 is 0 Å². The lowest BCUT2D eigenvalue weighted by Gasteiger charge is -2.49. The summed E-state index contributed by atoms with van der Waals surface area (Å²) in [6.45, 7) is 0. The molecule has 1 atom stereocenters. The van der Waals surface area contributed by atoms with E-state index < -0.39 is 11.0 Å². The molecule has 0 saturated carbocycles. The molecular formula is C40H28N2O2. The monoisotopic (exact) mass is 568 g/mol. The topological polar surface area (TPSA) is 54.2 Å². The molecule has 210 valence electrons. The lowest BCUT2D eigenvalue weighted by molar-refractivity contribution is -0.292. The third-order valence-electron chi connectivity index (χ3n) is 8.92. The summed E-state index contributed by atoms with van der Waals surface area (Å²) in [5.41, 5.74) is 6.97. The Morgan fingerprint density at radius 1 is 0.409 bits per heavy atom. The van der Waals surface area contributed by atoms with Gasteiger partial charge in [0.1, 0.15) is 5.71 Å². The molecular weight excluding hydrogens is 540 g/mol. The number of rotatable bonds is 4. The summed E-state index contributed by atoms with van der Waals surface area (Å²) in [5, 5.41) is 11.3. The highest BCUT2D eigenvalue weighted by atomic mass is 17.1. The van der Waals surface area contributed by atoms with Crippen LogP contribution in [0.25, 0.3) is 11.1 Å². The van der Waals surface area contributed by atoms with Gasteiger partial charge in [0, 0.05) is 16.7 Å². The molecule has 1 heterocycles. The quantitative estimate of drug-likeness (QED) is 0.170. The van der Waals surface area contributed by atoms with E-state index in [1.165, 1.54) is 0 Å². The fraction of sp³-hybridized carbons (Fsp3) is 0.0500. The largest absolute Gasteiger partial charge is 0.250 e. The molecule has 0 spiro atoms. The highest BCUT2D eigenvalue weighted by Crippen LogP contribution is 2.55. The SMILES string of the molecule is OOC1(c2ccccc2)C2=Nc3ccccc3-c3ccccc3N=C2C(c2ccccc2)(c2ccccc2)c2ccccc21. The number of nitrogens with zero attached hydrogens (tertiary/aromatic N) is 2. The number of para-hydroxylation sites is 2. The molecule has 0 radical (unpaired) electrons. The van der Waals surface area contributed by atoms with E-state index in [0.29, 0.717) is 11.4 Å². The van der Waals surface area contributed by atoms with Crippen LogP contribution in [-0.2, 0) is 15.9 Å². The van der Waals surface area contributed by atoms with E-state index in [1.54, 1.807) is 0 Å². The van der Waals surface area contributed by atoms with E-state index >= 15 is 0 Å². The zero-order valence-electron chi connectivity index (χ0n) is 23.8. The van der Waals surface area contributed by atoms with E-state index in [4.69, 9.17) is 14.9 Å². The molecule has 0 aromatic heterocycles. The van der Waals surface area contributed by atoms with Crippen molar-refractivity contribution in [2.45, 2.75) is 11.0 Å². The molecule has 0 saturated heterocycles. The van der Waals surface area contributed by atoms with E-state index in [1.807, 2.05) is 97.1 Å². The minimum atomic E-state index is -1.47. The van der Waals surface area contributed by atoms with Crippen molar-refractivity contribution in [3.8, 4) is 11.1 Å². The smallest absolute Gasteiger partial charge is 0.197 e. The zero-order valence-corrected chi connectivity index (χ0v) is 23.8. The summed E-state index contributed by atoms with van der Waals surface area (Å²) in [6, 6.07) is 55.2. The minimum absolute atomic E-state index is 0.527. The van der Waals surface area contributed by atoms with Crippen molar-refractivity contribution in [3.05, 3.63) is 192 Å². The Labute approximate surface area is 256 Å². The second kappa shape index (κ2) is 10.4. The van der Waals surface area contributed by atoms with Crippen molar-refractivity contribution in [1.82, 2.24) is 0 Å². The van der Waals surface area contributed by atoms with Crippen LogP contribution in [0.15, 0.2) is 174 Å². The highest BCUT2D eigenvalue weighted by molar-refractivity contribution is 6.52. The van der Waals surface area contributed by atoms with Gasteiger partial charge in [0.05, 0.1) is 22.5 Å². The molecule has 1 unspecified atom stereocenters. The summed E-state index contributed by atoms with van der Waals surface area (Å²) >= 11 is 0. The van der Waals surface area contributed by atoms with E-state index in [2.05, 4.69) is 66.7 Å². The minimum Gasteiger partial charge on any atom is -0.250 e. The predicted octanol–water partition coefficient (Wildman–Crippen LogP) is 9.29. The van der Waals surface area contributed by atoms with Gasteiger partial charge in [0.2, 0.25) is 0 Å². The molecule has 6 aromatic rings. The van der Waals surface area contributed by atoms with Crippen LogP contribution in [0, 0.1) is 0 Å². The average molecular weight is 569 g/mol. The molecule has 0 fully saturated rings. The Morgan fingerprint density at radius 3 is 1.34 bits per heavy atom. The van der Waals surface area contributed by atoms with Crippen molar-refractivity contribution < 1.29 is 10.1 Å². The molecule has 4 nitrogen and oxygen atoms in total. The predicted molar refractivity (Wildman–Crippen MR) is 176 cm³/mol. The van der Waals surface area contributed by atoms with Gasteiger partial charge >= 0.3 is 0 Å². The molecule has 4 heteroatoms. The van der Waals surface area contributed by atoms with Crippen LogP contribution >= 0.6 is 0 Å². The van der Waals surface area contributed by atoms with Crippen molar-refractivity contribution >= 4 is 22.8 Å². The maximum absolute atomic E-state index is 11.3. The van der Waals surface area contributed by atoms with Crippen LogP contribution in [0.2, 0.25) is 0 Å². The Morgan fingerprint density at radius 2 is 0.818 bits per heavy atom. The van der Waals surface area contributed by atoms with Crippen LogP contribution in [0.4, 0.5) is 11.4 Å². The Kier molecular flexibility index (Phi) is 6.19. The van der Waals surface area contributed by atoms with Crippen molar-refractivity contribution in [2.75, 3.05) is 0 Å². The Hall–Kier alpha value is -5.42. The zero-order chi connectivity index (χ0) is 29.6. The molecule has 8 rings (SSSR count). The Bertz CT molecular complexity index is 2010. The van der Waals surface area contributed by atoms with Crippen LogP contribution in [0.5, 0.6) is 0 Å². The number of fused-ring (bicyclic) bond motifs is 5. The number of hydrogen-bond donors (Lipinski definition) is 1. The van der Waals surface area contributed by atoms with Gasteiger partial charge in [-0.1, -0.05) is 152 Å². The second-order valence-electron chi connectivity index (χ2n) is 11.1. The maximum Gasteiger partial charge on any atom is 0.197 e. The van der Waals surface area contributed by atoms with Crippen molar-refractivity contribution in [3.63, 3.8) is 0 Å². The number of benzene rings is 6. The van der Waals surface area contributed by atoms with E-state index in [0.717, 1.165) is 50.3 Å². The number of aliphatic imine (C=N–C) groups is 2. The summed E-state index contributed by atoms with van der Waals surface area (Å²) in [5.74, 6) is 0. The highest BCUT2D eigenvalue weighted by Gasteiger charge is 2.59. The fourth-order valence-electron chi connectivity index (χ4n) is 7.06.